The van der Waals surface area contributed by atoms with Crippen LogP contribution in [0.15, 0.2) is 48.9 Å². The number of pyridine rings is 1. The van der Waals surface area contributed by atoms with Crippen molar-refractivity contribution in [1.82, 2.24) is 19.5 Å². The number of rotatable bonds is 7. The van der Waals surface area contributed by atoms with Gasteiger partial charge in [0.15, 0.2) is 5.79 Å². The molecule has 10 heteroatoms. The average Bonchev–Trinajstić information content (AvgIpc) is 3.52. The summed E-state index contributed by atoms with van der Waals surface area (Å²) in [7, 11) is 0. The van der Waals surface area contributed by atoms with E-state index in [4.69, 9.17) is 21.1 Å². The van der Waals surface area contributed by atoms with Crippen molar-refractivity contribution < 1.29 is 18.3 Å². The third-order valence-corrected chi connectivity index (χ3v) is 7.67. The van der Waals surface area contributed by atoms with E-state index in [0.717, 1.165) is 46.8 Å². The smallest absolute Gasteiger partial charge is 0.255 e. The Kier molecular flexibility index (Phi) is 6.25. The molecule has 4 atom stereocenters. The Labute approximate surface area is 218 Å². The number of nitrogens with one attached hydrogen (secondary N) is 1. The van der Waals surface area contributed by atoms with Gasteiger partial charge in [0.05, 0.1) is 29.6 Å². The molecular formula is C27H28ClF2N5O2. The zero-order valence-corrected chi connectivity index (χ0v) is 21.3. The van der Waals surface area contributed by atoms with Crippen LogP contribution < -0.4 is 5.32 Å². The molecule has 1 aliphatic heterocycles. The van der Waals surface area contributed by atoms with Crippen molar-refractivity contribution in [3.8, 4) is 0 Å². The summed E-state index contributed by atoms with van der Waals surface area (Å²) < 4.78 is 40.1. The third-order valence-electron chi connectivity index (χ3n) is 7.37. The van der Waals surface area contributed by atoms with Gasteiger partial charge in [-0.3, -0.25) is 0 Å². The van der Waals surface area contributed by atoms with Gasteiger partial charge in [0.2, 0.25) is 0 Å². The highest BCUT2D eigenvalue weighted by Crippen LogP contribution is 2.49. The van der Waals surface area contributed by atoms with Crippen LogP contribution >= 0.6 is 11.6 Å². The number of ether oxygens (including phenoxy) is 2. The fourth-order valence-corrected chi connectivity index (χ4v) is 5.96. The molecule has 2 aliphatic rings. The van der Waals surface area contributed by atoms with Crippen LogP contribution in [0.1, 0.15) is 38.3 Å². The fraction of sp³-hybridized carbons (Fsp3) is 0.444. The van der Waals surface area contributed by atoms with Crippen LogP contribution in [0.2, 0.25) is 5.15 Å². The minimum atomic E-state index is -2.43. The molecule has 1 aliphatic carbocycles. The molecule has 1 aromatic carbocycles. The molecule has 1 N–H and O–H groups in total. The molecule has 0 spiro atoms. The lowest BCUT2D eigenvalue weighted by Crippen LogP contribution is -2.27. The zero-order chi connectivity index (χ0) is 25.7. The molecule has 3 aromatic heterocycles. The SMILES string of the molecule is CC1(C)O[C@@H]2[C@@H](CCc3ccc4ccc(NCC(F)F)nc4c3)C[C@@H](n3ccc4c(Cl)ncnc43)[C@@H]2O1. The fourth-order valence-electron chi connectivity index (χ4n) is 5.77. The Morgan fingerprint density at radius 2 is 1.95 bits per heavy atom. The lowest BCUT2D eigenvalue weighted by atomic mass is 9.95. The summed E-state index contributed by atoms with van der Waals surface area (Å²) in [5.41, 5.74) is 2.74. The van der Waals surface area contributed by atoms with E-state index < -0.39 is 18.8 Å². The van der Waals surface area contributed by atoms with Crippen LogP contribution in [-0.2, 0) is 15.9 Å². The van der Waals surface area contributed by atoms with Gasteiger partial charge < -0.3 is 19.4 Å². The second kappa shape index (κ2) is 9.45. The van der Waals surface area contributed by atoms with Crippen molar-refractivity contribution in [2.45, 2.75) is 63.6 Å². The van der Waals surface area contributed by atoms with Gasteiger partial charge in [0, 0.05) is 11.6 Å². The van der Waals surface area contributed by atoms with E-state index in [1.54, 1.807) is 6.07 Å². The maximum absolute atomic E-state index is 12.6. The molecule has 0 radical (unpaired) electrons. The first-order chi connectivity index (χ1) is 17.8. The molecule has 6 rings (SSSR count). The number of hydrogen-bond donors (Lipinski definition) is 1. The first-order valence-corrected chi connectivity index (χ1v) is 12.9. The van der Waals surface area contributed by atoms with Crippen molar-refractivity contribution >= 4 is 39.4 Å². The third kappa shape index (κ3) is 4.76. The number of nitrogens with zero attached hydrogens (tertiary/aromatic N) is 4. The lowest BCUT2D eigenvalue weighted by Gasteiger charge is -2.24. The largest absolute Gasteiger partial charge is 0.364 e. The molecule has 4 aromatic rings. The van der Waals surface area contributed by atoms with Gasteiger partial charge in [0.25, 0.3) is 6.43 Å². The molecule has 194 valence electrons. The Balaban J connectivity index is 1.22. The van der Waals surface area contributed by atoms with Crippen molar-refractivity contribution in [1.29, 1.82) is 0 Å². The Hall–Kier alpha value is -2.88. The van der Waals surface area contributed by atoms with Crippen LogP contribution in [0.5, 0.6) is 0 Å². The van der Waals surface area contributed by atoms with Gasteiger partial charge in [-0.25, -0.2) is 23.7 Å². The number of alkyl halides is 2. The summed E-state index contributed by atoms with van der Waals surface area (Å²) in [6.45, 7) is 3.50. The molecule has 0 amide bonds. The number of aromatic nitrogens is 4. The molecule has 1 saturated heterocycles. The van der Waals surface area contributed by atoms with E-state index in [1.165, 1.54) is 6.33 Å². The van der Waals surface area contributed by atoms with Crippen LogP contribution in [0, 0.1) is 5.92 Å². The van der Waals surface area contributed by atoms with Gasteiger partial charge >= 0.3 is 0 Å². The topological polar surface area (TPSA) is 74.1 Å². The number of benzene rings is 1. The number of halogens is 3. The minimum absolute atomic E-state index is 0.0292. The standard InChI is InChI=1S/C27H28ClF2N5O2/c1-27(2)36-23-17(12-20(24(23)37-27)35-10-9-18-25(28)32-14-33-26(18)35)6-4-15-3-5-16-7-8-22(31-13-21(29)30)34-19(16)11-15/h3,5,7-11,14,17,20-21,23-24H,4,6,12-13H2,1-2H3,(H,31,34)/t17-,20+,23+,24-/m0/s1. The first kappa shape index (κ1) is 24.5. The second-order valence-electron chi connectivity index (χ2n) is 10.3. The molecule has 0 unspecified atom stereocenters. The average molecular weight is 528 g/mol. The predicted octanol–water partition coefficient (Wildman–Crippen LogP) is 6.02. The molecule has 0 bridgehead atoms. The molecular weight excluding hydrogens is 500 g/mol. The highest BCUT2D eigenvalue weighted by molar-refractivity contribution is 6.33. The summed E-state index contributed by atoms with van der Waals surface area (Å²) in [6, 6.07) is 11.8. The number of fused-ring (bicyclic) bond motifs is 3. The van der Waals surface area contributed by atoms with E-state index in [9.17, 15) is 8.78 Å². The van der Waals surface area contributed by atoms with Crippen molar-refractivity contribution in [2.24, 2.45) is 5.92 Å². The molecule has 2 fully saturated rings. The van der Waals surface area contributed by atoms with Gasteiger partial charge in [-0.15, -0.1) is 0 Å². The molecule has 4 heterocycles. The number of aryl methyl sites for hydroxylation is 1. The minimum Gasteiger partial charge on any atom is -0.364 e. The number of hydrogen-bond acceptors (Lipinski definition) is 6. The van der Waals surface area contributed by atoms with Crippen LogP contribution in [0.3, 0.4) is 0 Å². The highest BCUT2D eigenvalue weighted by atomic mass is 35.5. The summed E-state index contributed by atoms with van der Waals surface area (Å²) in [6.07, 6.45) is 3.61. The van der Waals surface area contributed by atoms with E-state index in [-0.39, 0.29) is 24.2 Å². The van der Waals surface area contributed by atoms with E-state index in [2.05, 4.69) is 30.9 Å². The van der Waals surface area contributed by atoms with E-state index >= 15 is 0 Å². The van der Waals surface area contributed by atoms with Crippen molar-refractivity contribution in [3.05, 3.63) is 59.6 Å². The summed E-state index contributed by atoms with van der Waals surface area (Å²) >= 11 is 6.30. The van der Waals surface area contributed by atoms with Gasteiger partial charge in [0.1, 0.15) is 29.0 Å². The summed E-state index contributed by atoms with van der Waals surface area (Å²) in [5, 5.41) is 4.93. The molecule has 7 nitrogen and oxygen atoms in total. The van der Waals surface area contributed by atoms with Crippen LogP contribution in [0.4, 0.5) is 14.6 Å². The predicted molar refractivity (Wildman–Crippen MR) is 138 cm³/mol. The van der Waals surface area contributed by atoms with Crippen LogP contribution in [-0.4, -0.2) is 50.5 Å². The molecule has 1 saturated carbocycles. The number of anilines is 1. The Morgan fingerprint density at radius 1 is 1.14 bits per heavy atom. The van der Waals surface area contributed by atoms with Gasteiger partial charge in [-0.1, -0.05) is 23.7 Å². The van der Waals surface area contributed by atoms with Crippen molar-refractivity contribution in [2.75, 3.05) is 11.9 Å². The quantitative estimate of drug-likeness (QED) is 0.296. The van der Waals surface area contributed by atoms with E-state index in [0.29, 0.717) is 11.0 Å². The molecule has 37 heavy (non-hydrogen) atoms. The highest BCUT2D eigenvalue weighted by Gasteiger charge is 2.54. The maximum Gasteiger partial charge on any atom is 0.255 e. The maximum atomic E-state index is 12.6. The summed E-state index contributed by atoms with van der Waals surface area (Å²) in [5.74, 6) is 0.0818. The van der Waals surface area contributed by atoms with E-state index in [1.807, 2.05) is 44.3 Å². The van der Waals surface area contributed by atoms with Crippen LogP contribution in [0.25, 0.3) is 21.9 Å². The monoisotopic (exact) mass is 527 g/mol. The van der Waals surface area contributed by atoms with Gasteiger partial charge in [-0.05, 0) is 68.9 Å². The second-order valence-corrected chi connectivity index (χ2v) is 10.6. The summed E-state index contributed by atoms with van der Waals surface area (Å²) in [4.78, 5) is 13.1. The van der Waals surface area contributed by atoms with Crippen molar-refractivity contribution in [3.63, 3.8) is 0 Å². The zero-order valence-electron chi connectivity index (χ0n) is 20.6. The lowest BCUT2D eigenvalue weighted by molar-refractivity contribution is -0.160. The first-order valence-electron chi connectivity index (χ1n) is 12.5. The Bertz CT molecular complexity index is 1450. The normalized spacial score (nSPS) is 24.8. The van der Waals surface area contributed by atoms with Gasteiger partial charge in [-0.2, -0.15) is 0 Å². The Morgan fingerprint density at radius 3 is 2.78 bits per heavy atom.